The Balaban J connectivity index is 2.21. The molecule has 0 atom stereocenters. The summed E-state index contributed by atoms with van der Waals surface area (Å²) in [6.45, 7) is 0.0124. The third-order valence-electron chi connectivity index (χ3n) is 4.00. The van der Waals surface area contributed by atoms with Crippen LogP contribution in [0, 0.1) is 0 Å². The molecule has 1 amide bonds. The van der Waals surface area contributed by atoms with Gasteiger partial charge in [-0.2, -0.15) is 0 Å². The van der Waals surface area contributed by atoms with Crippen molar-refractivity contribution in [2.75, 3.05) is 31.0 Å². The van der Waals surface area contributed by atoms with E-state index in [0.29, 0.717) is 0 Å². The zero-order valence-electron chi connectivity index (χ0n) is 13.7. The number of rotatable bonds is 4. The van der Waals surface area contributed by atoms with Gasteiger partial charge in [-0.15, -0.1) is 0 Å². The zero-order chi connectivity index (χ0) is 18.1. The predicted molar refractivity (Wildman–Crippen MR) is 90.6 cm³/mol. The Kier molecular flexibility index (Phi) is 4.39. The van der Waals surface area contributed by atoms with Gasteiger partial charge in [0.15, 0.2) is 6.29 Å². The molecule has 2 aromatic carbocycles. The van der Waals surface area contributed by atoms with Gasteiger partial charge in [0.1, 0.15) is 22.9 Å². The molecule has 132 valence electrons. The first-order chi connectivity index (χ1) is 12.0. The van der Waals surface area contributed by atoms with E-state index < -0.39 is 12.2 Å². The molecule has 0 unspecified atom stereocenters. The topological polar surface area (TPSA) is 111 Å². The van der Waals surface area contributed by atoms with E-state index >= 15 is 0 Å². The Labute approximate surface area is 143 Å². The minimum Gasteiger partial charge on any atom is -0.508 e. The number of benzene rings is 2. The summed E-state index contributed by atoms with van der Waals surface area (Å²) in [7, 11) is 2.88. The van der Waals surface area contributed by atoms with Crippen LogP contribution in [0.25, 0.3) is 0 Å². The average molecular weight is 346 g/mol. The van der Waals surface area contributed by atoms with E-state index in [0.717, 1.165) is 6.07 Å². The number of amides is 1. The summed E-state index contributed by atoms with van der Waals surface area (Å²) in [6.07, 6.45) is -0.722. The van der Waals surface area contributed by atoms with Gasteiger partial charge in [0.25, 0.3) is 5.91 Å². The molecule has 25 heavy (non-hydrogen) atoms. The lowest BCUT2D eigenvalue weighted by Crippen LogP contribution is -2.38. The van der Waals surface area contributed by atoms with Crippen molar-refractivity contribution in [2.45, 2.75) is 6.29 Å². The van der Waals surface area contributed by atoms with Gasteiger partial charge in [-0.1, -0.05) is 6.07 Å². The van der Waals surface area contributed by atoms with Crippen molar-refractivity contribution in [3.8, 4) is 17.2 Å². The Morgan fingerprint density at radius 3 is 2.48 bits per heavy atom. The largest absolute Gasteiger partial charge is 0.508 e. The number of hydrogen-bond donors (Lipinski definition) is 4. The summed E-state index contributed by atoms with van der Waals surface area (Å²) in [5.74, 6) is -1.06. The molecule has 2 aromatic rings. The first-order valence-corrected chi connectivity index (χ1v) is 7.48. The van der Waals surface area contributed by atoms with E-state index in [4.69, 9.17) is 9.47 Å². The Bertz CT molecular complexity index is 819. The Morgan fingerprint density at radius 1 is 1.08 bits per heavy atom. The monoisotopic (exact) mass is 346 g/mol. The number of anilines is 3. The molecule has 4 N–H and O–H groups in total. The summed E-state index contributed by atoms with van der Waals surface area (Å²) in [6, 6.07) is 7.01. The lowest BCUT2D eigenvalue weighted by molar-refractivity contribution is -0.0941. The minimum absolute atomic E-state index is 0.0124. The molecule has 0 saturated carbocycles. The van der Waals surface area contributed by atoms with E-state index in [1.54, 1.807) is 12.1 Å². The van der Waals surface area contributed by atoms with E-state index in [9.17, 15) is 20.1 Å². The standard InChI is InChI=1S/C17H18N2O6/c1-24-14(25-2)8-19-11-6-9(20)7-13(22)16(11)18-15-10(17(19)23)4-3-5-12(15)21/h3-7,14,18,20-22H,8H2,1-2H3. The third kappa shape index (κ3) is 2.92. The van der Waals surface area contributed by atoms with Crippen LogP contribution in [0.2, 0.25) is 0 Å². The number of aromatic hydroxyl groups is 3. The summed E-state index contributed by atoms with van der Waals surface area (Å²) < 4.78 is 10.3. The molecule has 0 aliphatic carbocycles. The molecule has 0 aromatic heterocycles. The average Bonchev–Trinajstić information content (AvgIpc) is 2.70. The van der Waals surface area contributed by atoms with E-state index in [-0.39, 0.29) is 46.4 Å². The molecule has 0 saturated heterocycles. The van der Waals surface area contributed by atoms with Crippen molar-refractivity contribution in [2.24, 2.45) is 0 Å². The van der Waals surface area contributed by atoms with Gasteiger partial charge in [0, 0.05) is 26.4 Å². The van der Waals surface area contributed by atoms with Crippen LogP contribution in [0.4, 0.5) is 17.1 Å². The number of carbonyl (C=O) groups excluding carboxylic acids is 1. The van der Waals surface area contributed by atoms with Crippen molar-refractivity contribution in [3.05, 3.63) is 35.9 Å². The molecule has 8 nitrogen and oxygen atoms in total. The van der Waals surface area contributed by atoms with Crippen LogP contribution in [0.1, 0.15) is 10.4 Å². The number of nitrogens with one attached hydrogen (secondary N) is 1. The van der Waals surface area contributed by atoms with Crippen LogP contribution in [0.15, 0.2) is 30.3 Å². The van der Waals surface area contributed by atoms with Crippen LogP contribution in [-0.2, 0) is 9.47 Å². The Hall–Kier alpha value is -2.97. The summed E-state index contributed by atoms with van der Waals surface area (Å²) in [5.41, 5.74) is 0.791. The fourth-order valence-corrected chi connectivity index (χ4v) is 2.74. The highest BCUT2D eigenvalue weighted by molar-refractivity contribution is 6.15. The van der Waals surface area contributed by atoms with Crippen molar-refractivity contribution >= 4 is 23.0 Å². The second kappa shape index (κ2) is 6.50. The molecular weight excluding hydrogens is 328 g/mol. The number of hydrogen-bond acceptors (Lipinski definition) is 7. The molecule has 8 heteroatoms. The molecule has 1 aliphatic heterocycles. The number of ether oxygens (including phenoxy) is 2. The first kappa shape index (κ1) is 16.9. The van der Waals surface area contributed by atoms with Gasteiger partial charge in [-0.25, -0.2) is 0 Å². The van der Waals surface area contributed by atoms with E-state index in [2.05, 4.69) is 5.32 Å². The molecule has 0 fully saturated rings. The number of fused-ring (bicyclic) bond motifs is 2. The van der Waals surface area contributed by atoms with Crippen molar-refractivity contribution < 1.29 is 29.6 Å². The maximum Gasteiger partial charge on any atom is 0.260 e. The first-order valence-electron chi connectivity index (χ1n) is 7.48. The highest BCUT2D eigenvalue weighted by atomic mass is 16.7. The maximum absolute atomic E-state index is 13.0. The number of nitrogens with zero attached hydrogens (tertiary/aromatic N) is 1. The fourth-order valence-electron chi connectivity index (χ4n) is 2.74. The highest BCUT2D eigenvalue weighted by Crippen LogP contribution is 2.45. The number of carbonyl (C=O) groups is 1. The highest BCUT2D eigenvalue weighted by Gasteiger charge is 2.32. The number of phenols is 3. The van der Waals surface area contributed by atoms with Crippen molar-refractivity contribution in [3.63, 3.8) is 0 Å². The SMILES string of the molecule is COC(CN1C(=O)c2cccc(O)c2Nc2c(O)cc(O)cc21)OC. The van der Waals surface area contributed by atoms with Crippen molar-refractivity contribution in [1.29, 1.82) is 0 Å². The molecule has 1 heterocycles. The number of para-hydroxylation sites is 1. The molecule has 0 radical (unpaired) electrons. The molecule has 3 rings (SSSR count). The van der Waals surface area contributed by atoms with Gasteiger partial charge in [0.2, 0.25) is 0 Å². The minimum atomic E-state index is -0.722. The van der Waals surface area contributed by atoms with Crippen molar-refractivity contribution in [1.82, 2.24) is 0 Å². The van der Waals surface area contributed by atoms with Crippen LogP contribution in [0.5, 0.6) is 17.2 Å². The molecular formula is C17H18N2O6. The summed E-state index contributed by atoms with van der Waals surface area (Å²) >= 11 is 0. The van der Waals surface area contributed by atoms with Gasteiger partial charge in [-0.05, 0) is 12.1 Å². The molecule has 0 spiro atoms. The fraction of sp³-hybridized carbons (Fsp3) is 0.235. The van der Waals surface area contributed by atoms with Crippen LogP contribution in [-0.4, -0.2) is 48.3 Å². The quantitative estimate of drug-likeness (QED) is 0.381. The predicted octanol–water partition coefficient (Wildman–Crippen LogP) is 2.13. The van der Waals surface area contributed by atoms with Gasteiger partial charge in [-0.3, -0.25) is 4.79 Å². The molecule has 0 bridgehead atoms. The normalized spacial score (nSPS) is 13.2. The van der Waals surface area contributed by atoms with Gasteiger partial charge >= 0.3 is 0 Å². The van der Waals surface area contributed by atoms with Crippen LogP contribution < -0.4 is 10.2 Å². The summed E-state index contributed by atoms with van der Waals surface area (Å²) in [4.78, 5) is 14.4. The summed E-state index contributed by atoms with van der Waals surface area (Å²) in [5, 5.41) is 33.1. The van der Waals surface area contributed by atoms with Crippen LogP contribution in [0.3, 0.4) is 0 Å². The third-order valence-corrected chi connectivity index (χ3v) is 4.00. The van der Waals surface area contributed by atoms with Gasteiger partial charge in [0.05, 0.1) is 23.5 Å². The lowest BCUT2D eigenvalue weighted by atomic mass is 10.1. The second-order valence-corrected chi connectivity index (χ2v) is 5.50. The Morgan fingerprint density at radius 2 is 1.80 bits per heavy atom. The lowest BCUT2D eigenvalue weighted by Gasteiger charge is -2.26. The zero-order valence-corrected chi connectivity index (χ0v) is 13.7. The van der Waals surface area contributed by atoms with Crippen LogP contribution >= 0.6 is 0 Å². The number of methoxy groups -OCH3 is 2. The maximum atomic E-state index is 13.0. The second-order valence-electron chi connectivity index (χ2n) is 5.50. The number of phenolic OH excluding ortho intramolecular Hbond substituents is 3. The van der Waals surface area contributed by atoms with E-state index in [1.165, 1.54) is 31.3 Å². The molecule has 1 aliphatic rings. The smallest absolute Gasteiger partial charge is 0.260 e. The van der Waals surface area contributed by atoms with E-state index in [1.807, 2.05) is 0 Å². The van der Waals surface area contributed by atoms with Gasteiger partial charge < -0.3 is 35.0 Å².